The predicted molar refractivity (Wildman–Crippen MR) is 130 cm³/mol. The summed E-state index contributed by atoms with van der Waals surface area (Å²) in [5, 5.41) is 0.780. The van der Waals surface area contributed by atoms with Crippen molar-refractivity contribution in [3.8, 4) is 5.19 Å². The van der Waals surface area contributed by atoms with Crippen molar-refractivity contribution in [2.75, 3.05) is 0 Å². The lowest BCUT2D eigenvalue weighted by atomic mass is 9.93. The van der Waals surface area contributed by atoms with Crippen LogP contribution in [0.3, 0.4) is 0 Å². The Morgan fingerprint density at radius 3 is 2.36 bits per heavy atom. The molecule has 1 aromatic carbocycles. The summed E-state index contributed by atoms with van der Waals surface area (Å²) < 4.78 is 19.7. The molecule has 1 amide bonds. The Morgan fingerprint density at radius 2 is 1.61 bits per heavy atom. The largest absolute Gasteiger partial charge is 0.467 e. The summed E-state index contributed by atoms with van der Waals surface area (Å²) in [6.07, 6.45) is 9.77. The van der Waals surface area contributed by atoms with Gasteiger partial charge in [0.15, 0.2) is 0 Å². The van der Waals surface area contributed by atoms with E-state index in [1.165, 1.54) is 4.70 Å². The fourth-order valence-corrected chi connectivity index (χ4v) is 6.50. The first kappa shape index (κ1) is 22.9. The van der Waals surface area contributed by atoms with Crippen LogP contribution in [0.15, 0.2) is 24.3 Å². The third kappa shape index (κ3) is 5.46. The predicted octanol–water partition coefficient (Wildman–Crippen LogP) is 6.32. The summed E-state index contributed by atoms with van der Waals surface area (Å²) in [4.78, 5) is 19.5. The normalized spacial score (nSPS) is 30.3. The number of ether oxygens (including phenoxy) is 3. The molecule has 6 nitrogen and oxygen atoms in total. The van der Waals surface area contributed by atoms with Crippen molar-refractivity contribution in [2.45, 2.75) is 115 Å². The molecule has 7 heteroatoms. The molecule has 0 N–H and O–H groups in total. The minimum atomic E-state index is -0.454. The number of thiazole rings is 1. The van der Waals surface area contributed by atoms with E-state index in [4.69, 9.17) is 14.2 Å². The standard InChI is InChI=1S/C26H36N2O4S/c1-26(2,3)32-25(29)28-17-8-9-18(28)16-21(11-10-17)30-19-12-14-20(15-13-19)31-24-27-22-6-4-5-7-23(22)33-24/h4-7,17-21H,8-16H2,1-3H3. The number of aromatic nitrogens is 1. The SMILES string of the molecule is CC(C)(C)OC(=O)N1C2CCC(OC3CCC(Oc4nc5ccccc5s4)CC3)CC1CC2. The number of rotatable bonds is 4. The number of amides is 1. The first-order valence-corrected chi connectivity index (χ1v) is 13.3. The minimum Gasteiger partial charge on any atom is -0.467 e. The van der Waals surface area contributed by atoms with Gasteiger partial charge < -0.3 is 19.1 Å². The van der Waals surface area contributed by atoms with E-state index in [1.54, 1.807) is 11.3 Å². The molecule has 33 heavy (non-hydrogen) atoms. The number of carbonyl (C=O) groups excluding carboxylic acids is 1. The van der Waals surface area contributed by atoms with Crippen molar-refractivity contribution < 1.29 is 19.0 Å². The molecule has 2 aliphatic heterocycles. The lowest BCUT2D eigenvalue weighted by Crippen LogP contribution is -2.43. The molecule has 180 valence electrons. The molecule has 3 heterocycles. The van der Waals surface area contributed by atoms with E-state index in [9.17, 15) is 4.79 Å². The molecule has 0 radical (unpaired) electrons. The van der Waals surface area contributed by atoms with Gasteiger partial charge in [-0.25, -0.2) is 9.78 Å². The van der Waals surface area contributed by atoms with Gasteiger partial charge in [-0.3, -0.25) is 0 Å². The number of benzene rings is 1. The zero-order valence-electron chi connectivity index (χ0n) is 20.0. The second-order valence-electron chi connectivity index (χ2n) is 10.8. The summed E-state index contributed by atoms with van der Waals surface area (Å²) in [5.74, 6) is 0. The quantitative estimate of drug-likeness (QED) is 0.521. The van der Waals surface area contributed by atoms with Gasteiger partial charge in [-0.2, -0.15) is 0 Å². The fraction of sp³-hybridized carbons (Fsp3) is 0.692. The summed E-state index contributed by atoms with van der Waals surface area (Å²) in [7, 11) is 0. The van der Waals surface area contributed by atoms with E-state index in [2.05, 4.69) is 11.1 Å². The molecule has 1 aliphatic carbocycles. The zero-order chi connectivity index (χ0) is 23.0. The number of fused-ring (bicyclic) bond motifs is 3. The average molecular weight is 473 g/mol. The van der Waals surface area contributed by atoms with Gasteiger partial charge in [0, 0.05) is 12.1 Å². The van der Waals surface area contributed by atoms with E-state index >= 15 is 0 Å². The molecular weight excluding hydrogens is 436 g/mol. The number of hydrogen-bond acceptors (Lipinski definition) is 6. The molecule has 3 aliphatic rings. The fourth-order valence-electron chi connectivity index (χ4n) is 5.61. The lowest BCUT2D eigenvalue weighted by Gasteiger charge is -2.33. The minimum absolute atomic E-state index is 0.150. The monoisotopic (exact) mass is 472 g/mol. The molecule has 1 aromatic heterocycles. The Labute approximate surface area is 200 Å². The topological polar surface area (TPSA) is 60.9 Å². The highest BCUT2D eigenvalue weighted by atomic mass is 32.1. The van der Waals surface area contributed by atoms with Crippen LogP contribution in [0.25, 0.3) is 10.2 Å². The third-order valence-corrected chi connectivity index (χ3v) is 8.06. The van der Waals surface area contributed by atoms with Gasteiger partial charge in [0.1, 0.15) is 11.7 Å². The molecule has 0 spiro atoms. The number of nitrogens with zero attached hydrogens (tertiary/aromatic N) is 2. The van der Waals surface area contributed by atoms with Gasteiger partial charge >= 0.3 is 6.09 Å². The molecular formula is C26H36N2O4S. The Hall–Kier alpha value is -1.86. The van der Waals surface area contributed by atoms with Gasteiger partial charge in [-0.05, 0) is 90.7 Å². The lowest BCUT2D eigenvalue weighted by molar-refractivity contribution is -0.0540. The van der Waals surface area contributed by atoms with Crippen LogP contribution in [0, 0.1) is 0 Å². The van der Waals surface area contributed by atoms with E-state index in [-0.39, 0.29) is 30.4 Å². The van der Waals surface area contributed by atoms with Crippen molar-refractivity contribution in [3.63, 3.8) is 0 Å². The molecule has 1 saturated carbocycles. The van der Waals surface area contributed by atoms with Crippen LogP contribution < -0.4 is 4.74 Å². The van der Waals surface area contributed by atoms with Crippen LogP contribution in [-0.4, -0.2) is 52.0 Å². The van der Waals surface area contributed by atoms with Crippen molar-refractivity contribution >= 4 is 27.6 Å². The molecule has 3 fully saturated rings. The first-order valence-electron chi connectivity index (χ1n) is 12.5. The van der Waals surface area contributed by atoms with E-state index in [0.717, 1.165) is 68.5 Å². The highest BCUT2D eigenvalue weighted by Crippen LogP contribution is 2.38. The first-order chi connectivity index (χ1) is 15.8. The third-order valence-electron chi connectivity index (χ3n) is 7.13. The van der Waals surface area contributed by atoms with Gasteiger partial charge in [0.2, 0.25) is 0 Å². The van der Waals surface area contributed by atoms with Gasteiger partial charge in [-0.1, -0.05) is 23.5 Å². The van der Waals surface area contributed by atoms with Crippen molar-refractivity contribution in [2.24, 2.45) is 0 Å². The highest BCUT2D eigenvalue weighted by molar-refractivity contribution is 7.20. The molecule has 3 unspecified atom stereocenters. The van der Waals surface area contributed by atoms with E-state index < -0.39 is 5.60 Å². The molecule has 2 bridgehead atoms. The average Bonchev–Trinajstić information content (AvgIpc) is 3.29. The molecule has 2 saturated heterocycles. The van der Waals surface area contributed by atoms with Gasteiger partial charge in [0.05, 0.1) is 22.4 Å². The Kier molecular flexibility index (Phi) is 6.54. The van der Waals surface area contributed by atoms with Crippen LogP contribution >= 0.6 is 11.3 Å². The maximum absolute atomic E-state index is 12.8. The van der Waals surface area contributed by atoms with Crippen LogP contribution in [0.5, 0.6) is 5.19 Å². The number of hydrogen-bond donors (Lipinski definition) is 0. The highest BCUT2D eigenvalue weighted by Gasteiger charge is 2.43. The second-order valence-corrected chi connectivity index (χ2v) is 11.8. The van der Waals surface area contributed by atoms with Crippen LogP contribution in [-0.2, 0) is 9.47 Å². The summed E-state index contributed by atoms with van der Waals surface area (Å²) in [6, 6.07) is 8.73. The number of para-hydroxylation sites is 1. The molecule has 2 aromatic rings. The van der Waals surface area contributed by atoms with Crippen molar-refractivity contribution in [1.82, 2.24) is 9.88 Å². The Morgan fingerprint density at radius 1 is 0.939 bits per heavy atom. The summed E-state index contributed by atoms with van der Waals surface area (Å²) in [6.45, 7) is 5.81. The maximum Gasteiger partial charge on any atom is 0.410 e. The smallest absolute Gasteiger partial charge is 0.410 e. The van der Waals surface area contributed by atoms with E-state index in [0.29, 0.717) is 6.04 Å². The van der Waals surface area contributed by atoms with Crippen LogP contribution in [0.2, 0.25) is 0 Å². The van der Waals surface area contributed by atoms with Crippen LogP contribution in [0.4, 0.5) is 4.79 Å². The maximum atomic E-state index is 12.8. The van der Waals surface area contributed by atoms with Crippen molar-refractivity contribution in [3.05, 3.63) is 24.3 Å². The van der Waals surface area contributed by atoms with E-state index in [1.807, 2.05) is 43.9 Å². The zero-order valence-corrected chi connectivity index (χ0v) is 20.8. The summed E-state index contributed by atoms with van der Waals surface area (Å²) in [5.41, 5.74) is 0.558. The second kappa shape index (κ2) is 9.41. The Bertz CT molecular complexity index is 930. The molecule has 3 atom stereocenters. The number of carbonyl (C=O) groups is 1. The Balaban J connectivity index is 1.11. The van der Waals surface area contributed by atoms with Crippen LogP contribution in [0.1, 0.15) is 78.6 Å². The van der Waals surface area contributed by atoms with Gasteiger partial charge in [0.25, 0.3) is 5.19 Å². The van der Waals surface area contributed by atoms with Gasteiger partial charge in [-0.15, -0.1) is 0 Å². The van der Waals surface area contributed by atoms with Crippen molar-refractivity contribution in [1.29, 1.82) is 0 Å². The molecule has 5 rings (SSSR count). The summed E-state index contributed by atoms with van der Waals surface area (Å²) >= 11 is 1.63.